The van der Waals surface area contributed by atoms with Crippen LogP contribution in [0.2, 0.25) is 0 Å². The summed E-state index contributed by atoms with van der Waals surface area (Å²) in [4.78, 5) is 0. The largest absolute Gasteiger partial charge is 0.0619 e. The van der Waals surface area contributed by atoms with Crippen LogP contribution < -0.4 is 0 Å². The van der Waals surface area contributed by atoms with Gasteiger partial charge in [-0.25, -0.2) is 0 Å². The van der Waals surface area contributed by atoms with Gasteiger partial charge in [0.2, 0.25) is 0 Å². The van der Waals surface area contributed by atoms with E-state index in [1.807, 2.05) is 0 Å². The van der Waals surface area contributed by atoms with Crippen molar-refractivity contribution in [1.29, 1.82) is 0 Å². The molecule has 0 unspecified atom stereocenters. The molecule has 54 heavy (non-hydrogen) atoms. The highest BCUT2D eigenvalue weighted by atomic mass is 14.5. The molecule has 0 bridgehead atoms. The van der Waals surface area contributed by atoms with Gasteiger partial charge in [-0.15, -0.1) is 0 Å². The fourth-order valence-corrected chi connectivity index (χ4v) is 10.4. The van der Waals surface area contributed by atoms with Crippen molar-refractivity contribution < 1.29 is 0 Å². The Morgan fingerprint density at radius 1 is 0.296 bits per heavy atom. The van der Waals surface area contributed by atoms with Crippen molar-refractivity contribution in [2.24, 2.45) is 0 Å². The molecule has 0 saturated carbocycles. The maximum absolute atomic E-state index is 2.51. The Hall–Kier alpha value is -6.24. The van der Waals surface area contributed by atoms with E-state index in [0.717, 1.165) is 0 Å². The fraction of sp³-hybridized carbons (Fsp3) is 0.111. The molecule has 0 amide bonds. The molecule has 11 rings (SSSR count). The number of hydrogen-bond acceptors (Lipinski definition) is 0. The summed E-state index contributed by atoms with van der Waals surface area (Å²) in [5.74, 6) is 0. The van der Waals surface area contributed by atoms with Crippen molar-refractivity contribution in [2.75, 3.05) is 0 Å². The quantitative estimate of drug-likeness (QED) is 0.162. The van der Waals surface area contributed by atoms with Crippen LogP contribution in [0.25, 0.3) is 88.0 Å². The highest BCUT2D eigenvalue weighted by molar-refractivity contribution is 6.21. The van der Waals surface area contributed by atoms with Gasteiger partial charge >= 0.3 is 0 Å². The highest BCUT2D eigenvalue weighted by Gasteiger charge is 2.45. The zero-order valence-corrected chi connectivity index (χ0v) is 31.2. The fourth-order valence-electron chi connectivity index (χ4n) is 10.4. The van der Waals surface area contributed by atoms with Crippen LogP contribution >= 0.6 is 0 Å². The van der Waals surface area contributed by atoms with Crippen LogP contribution in [-0.4, -0.2) is 0 Å². The smallest absolute Gasteiger partial charge is 0.0165 e. The molecule has 2 aliphatic rings. The van der Waals surface area contributed by atoms with Crippen LogP contribution in [0.4, 0.5) is 0 Å². The topological polar surface area (TPSA) is 0 Å². The summed E-state index contributed by atoms with van der Waals surface area (Å²) < 4.78 is 0. The molecule has 0 fully saturated rings. The standard InChI is InChI=1S/C54H40/c1-53(2)46-23-13-11-17-38(46)44-32-45-39-18-12-14-24-47(39)54(3,4)52(45)50(51(44)53)35-28-26-34(27-29-35)48-40-19-7-9-21-42(40)49(43-22-10-8-20-41(43)48)37-30-25-33-15-5-6-16-36(33)31-37/h5-32H,1-4H3. The first-order valence-corrected chi connectivity index (χ1v) is 19.3. The molecule has 0 nitrogen and oxygen atoms in total. The second kappa shape index (κ2) is 11.1. The summed E-state index contributed by atoms with van der Waals surface area (Å²) in [5.41, 5.74) is 18.7. The molecule has 2 aliphatic carbocycles. The molecule has 0 radical (unpaired) electrons. The van der Waals surface area contributed by atoms with E-state index in [1.165, 1.54) is 110 Å². The van der Waals surface area contributed by atoms with Gasteiger partial charge in [0.05, 0.1) is 0 Å². The molecule has 0 atom stereocenters. The van der Waals surface area contributed by atoms with Crippen molar-refractivity contribution in [3.63, 3.8) is 0 Å². The van der Waals surface area contributed by atoms with Gasteiger partial charge in [0.15, 0.2) is 0 Å². The molecule has 0 heterocycles. The molecule has 9 aromatic rings. The van der Waals surface area contributed by atoms with Gasteiger partial charge in [-0.2, -0.15) is 0 Å². The van der Waals surface area contributed by atoms with Crippen molar-refractivity contribution in [3.8, 4) is 55.6 Å². The Balaban J connectivity index is 1.15. The third kappa shape index (κ3) is 4.20. The van der Waals surface area contributed by atoms with Crippen LogP contribution in [0, 0.1) is 0 Å². The number of rotatable bonds is 3. The first-order valence-electron chi connectivity index (χ1n) is 19.3. The third-order valence-corrected chi connectivity index (χ3v) is 12.8. The molecule has 0 saturated heterocycles. The highest BCUT2D eigenvalue weighted by Crippen LogP contribution is 2.60. The average molecular weight is 689 g/mol. The van der Waals surface area contributed by atoms with E-state index >= 15 is 0 Å². The zero-order chi connectivity index (χ0) is 36.3. The Morgan fingerprint density at radius 3 is 1.20 bits per heavy atom. The Labute approximate surface area is 317 Å². The number of benzene rings is 9. The lowest BCUT2D eigenvalue weighted by molar-refractivity contribution is 0.642. The average Bonchev–Trinajstić information content (AvgIpc) is 3.58. The van der Waals surface area contributed by atoms with Crippen LogP contribution in [-0.2, 0) is 10.8 Å². The molecule has 0 N–H and O–H groups in total. The van der Waals surface area contributed by atoms with Gasteiger partial charge < -0.3 is 0 Å². The molecule has 0 aromatic heterocycles. The molecular weight excluding hydrogens is 649 g/mol. The summed E-state index contributed by atoms with van der Waals surface area (Å²) in [6.45, 7) is 9.69. The van der Waals surface area contributed by atoms with Gasteiger partial charge in [0.1, 0.15) is 0 Å². The molecule has 9 aromatic carbocycles. The SMILES string of the molecule is CC1(C)c2ccccc2-c2cc3c(c(-c4ccc(-c5c6ccccc6c(-c6ccc7ccccc7c6)c6ccccc56)cc4)c21)C(C)(C)c1ccccc1-3. The summed E-state index contributed by atoms with van der Waals surface area (Å²) in [7, 11) is 0. The van der Waals surface area contributed by atoms with E-state index in [1.54, 1.807) is 0 Å². The first kappa shape index (κ1) is 31.3. The number of fused-ring (bicyclic) bond motifs is 9. The van der Waals surface area contributed by atoms with Gasteiger partial charge in [0.25, 0.3) is 0 Å². The number of hydrogen-bond donors (Lipinski definition) is 0. The molecule has 0 heteroatoms. The van der Waals surface area contributed by atoms with E-state index < -0.39 is 0 Å². The maximum atomic E-state index is 2.51. The minimum atomic E-state index is -0.134. The normalized spacial score (nSPS) is 14.6. The van der Waals surface area contributed by atoms with Crippen molar-refractivity contribution in [2.45, 2.75) is 38.5 Å². The monoisotopic (exact) mass is 688 g/mol. The lowest BCUT2D eigenvalue weighted by Crippen LogP contribution is -2.21. The summed E-state index contributed by atoms with van der Waals surface area (Å²) >= 11 is 0. The zero-order valence-electron chi connectivity index (χ0n) is 31.2. The van der Waals surface area contributed by atoms with Crippen molar-refractivity contribution >= 4 is 32.3 Å². The van der Waals surface area contributed by atoms with Gasteiger partial charge in [-0.1, -0.05) is 185 Å². The summed E-state index contributed by atoms with van der Waals surface area (Å²) in [6.07, 6.45) is 0. The summed E-state index contributed by atoms with van der Waals surface area (Å²) in [5, 5.41) is 7.65. The van der Waals surface area contributed by atoms with Gasteiger partial charge in [-0.05, 0) is 122 Å². The van der Waals surface area contributed by atoms with Crippen LogP contribution in [0.5, 0.6) is 0 Å². The van der Waals surface area contributed by atoms with Gasteiger partial charge in [-0.3, -0.25) is 0 Å². The first-order chi connectivity index (χ1) is 26.3. The van der Waals surface area contributed by atoms with E-state index in [9.17, 15) is 0 Å². The molecule has 0 spiro atoms. The van der Waals surface area contributed by atoms with E-state index in [0.29, 0.717) is 0 Å². The minimum Gasteiger partial charge on any atom is -0.0619 e. The predicted octanol–water partition coefficient (Wildman–Crippen LogP) is 14.8. The molecule has 256 valence electrons. The van der Waals surface area contributed by atoms with Crippen molar-refractivity contribution in [3.05, 3.63) is 192 Å². The van der Waals surface area contributed by atoms with Crippen LogP contribution in [0.15, 0.2) is 170 Å². The Morgan fingerprint density at radius 2 is 0.685 bits per heavy atom. The second-order valence-corrected chi connectivity index (χ2v) is 16.4. The lowest BCUT2D eigenvalue weighted by atomic mass is 9.72. The maximum Gasteiger partial charge on any atom is 0.0165 e. The lowest BCUT2D eigenvalue weighted by Gasteiger charge is -2.31. The van der Waals surface area contributed by atoms with E-state index in [-0.39, 0.29) is 10.8 Å². The second-order valence-electron chi connectivity index (χ2n) is 16.4. The predicted molar refractivity (Wildman–Crippen MR) is 230 cm³/mol. The van der Waals surface area contributed by atoms with Crippen LogP contribution in [0.1, 0.15) is 49.9 Å². The molecular formula is C54H40. The molecule has 0 aliphatic heterocycles. The third-order valence-electron chi connectivity index (χ3n) is 12.8. The van der Waals surface area contributed by atoms with Crippen molar-refractivity contribution in [1.82, 2.24) is 0 Å². The van der Waals surface area contributed by atoms with E-state index in [2.05, 4.69) is 198 Å². The summed E-state index contributed by atoms with van der Waals surface area (Å²) in [6, 6.07) is 63.8. The Bertz CT molecular complexity index is 2890. The van der Waals surface area contributed by atoms with Gasteiger partial charge in [0, 0.05) is 10.8 Å². The Kier molecular flexibility index (Phi) is 6.46. The van der Waals surface area contributed by atoms with E-state index in [4.69, 9.17) is 0 Å². The van der Waals surface area contributed by atoms with Crippen LogP contribution in [0.3, 0.4) is 0 Å². The minimum absolute atomic E-state index is 0.134.